The number of hydrogen-bond donors (Lipinski definition) is 0. The van der Waals surface area contributed by atoms with Crippen molar-refractivity contribution in [3.8, 4) is 0 Å². The van der Waals surface area contributed by atoms with E-state index >= 15 is 0 Å². The monoisotopic (exact) mass is 306 g/mol. The first-order chi connectivity index (χ1) is 10.5. The smallest absolute Gasteiger partial charge is 0.219 e. The molecule has 2 atom stereocenters. The molecular weight excluding hydrogens is 280 g/mol. The Balaban J connectivity index is 1.54. The van der Waals surface area contributed by atoms with Gasteiger partial charge in [-0.15, -0.1) is 0 Å². The molecule has 122 valence electrons. The largest absolute Gasteiger partial charge is 0.445 e. The number of carbonyl (C=O) groups is 1. The van der Waals surface area contributed by atoms with Crippen LogP contribution in [0.1, 0.15) is 25.5 Å². The second-order valence-corrected chi connectivity index (χ2v) is 6.65. The van der Waals surface area contributed by atoms with Gasteiger partial charge in [0.25, 0.3) is 0 Å². The van der Waals surface area contributed by atoms with Gasteiger partial charge in [0.2, 0.25) is 11.8 Å². The molecule has 0 unspecified atom stereocenters. The minimum Gasteiger partial charge on any atom is -0.445 e. The molecule has 2 fully saturated rings. The van der Waals surface area contributed by atoms with E-state index in [1.807, 2.05) is 11.8 Å². The number of piperazine rings is 1. The van der Waals surface area contributed by atoms with Crippen LogP contribution in [0, 0.1) is 12.8 Å². The Labute approximate surface area is 132 Å². The Morgan fingerprint density at radius 2 is 2.05 bits per heavy atom. The van der Waals surface area contributed by atoms with Crippen LogP contribution in [0.4, 0.5) is 0 Å². The predicted molar refractivity (Wildman–Crippen MR) is 83.3 cm³/mol. The summed E-state index contributed by atoms with van der Waals surface area (Å²) >= 11 is 0. The third-order valence-corrected chi connectivity index (χ3v) is 4.90. The van der Waals surface area contributed by atoms with Gasteiger partial charge in [0.1, 0.15) is 5.76 Å². The first-order valence-corrected chi connectivity index (χ1v) is 8.16. The molecule has 22 heavy (non-hydrogen) atoms. The molecule has 1 aromatic heterocycles. The summed E-state index contributed by atoms with van der Waals surface area (Å²) in [6, 6.07) is 0.574. The highest BCUT2D eigenvalue weighted by atomic mass is 16.4. The van der Waals surface area contributed by atoms with E-state index in [9.17, 15) is 4.79 Å². The quantitative estimate of drug-likeness (QED) is 0.833. The highest BCUT2D eigenvalue weighted by Gasteiger charge is 2.35. The first-order valence-electron chi connectivity index (χ1n) is 8.16. The molecular formula is C16H26N4O2. The predicted octanol–water partition coefficient (Wildman–Crippen LogP) is 0.967. The van der Waals surface area contributed by atoms with Crippen molar-refractivity contribution in [2.45, 2.75) is 33.4 Å². The highest BCUT2D eigenvalue weighted by molar-refractivity contribution is 5.73. The maximum absolute atomic E-state index is 11.4. The molecule has 2 aliphatic rings. The van der Waals surface area contributed by atoms with Crippen LogP contribution in [0.2, 0.25) is 0 Å². The van der Waals surface area contributed by atoms with Crippen LogP contribution < -0.4 is 0 Å². The number of likely N-dealkylation sites (tertiary alicyclic amines) is 1. The molecule has 0 aromatic carbocycles. The maximum Gasteiger partial charge on any atom is 0.219 e. The fourth-order valence-electron chi connectivity index (χ4n) is 3.69. The van der Waals surface area contributed by atoms with Crippen molar-refractivity contribution in [3.63, 3.8) is 0 Å². The Hall–Kier alpha value is -1.40. The van der Waals surface area contributed by atoms with Crippen molar-refractivity contribution in [2.24, 2.45) is 5.92 Å². The van der Waals surface area contributed by atoms with E-state index in [-0.39, 0.29) is 5.91 Å². The zero-order chi connectivity index (χ0) is 15.7. The lowest BCUT2D eigenvalue weighted by atomic mass is 10.0. The summed E-state index contributed by atoms with van der Waals surface area (Å²) in [6.45, 7) is 12.5. The van der Waals surface area contributed by atoms with Crippen LogP contribution in [0.5, 0.6) is 0 Å². The molecule has 3 rings (SSSR count). The van der Waals surface area contributed by atoms with Crippen molar-refractivity contribution in [1.29, 1.82) is 0 Å². The Morgan fingerprint density at radius 1 is 1.32 bits per heavy atom. The summed E-state index contributed by atoms with van der Waals surface area (Å²) in [4.78, 5) is 22.7. The number of hydrogen-bond acceptors (Lipinski definition) is 5. The minimum atomic E-state index is 0.194. The molecule has 1 aromatic rings. The molecule has 6 nitrogen and oxygen atoms in total. The molecule has 0 N–H and O–H groups in total. The second-order valence-electron chi connectivity index (χ2n) is 6.65. The number of aromatic nitrogens is 1. The van der Waals surface area contributed by atoms with Crippen molar-refractivity contribution < 1.29 is 9.21 Å². The number of aryl methyl sites for hydroxylation is 1. The number of oxazole rings is 1. The van der Waals surface area contributed by atoms with Crippen molar-refractivity contribution >= 4 is 5.91 Å². The fraction of sp³-hybridized carbons (Fsp3) is 0.750. The average Bonchev–Trinajstić information content (AvgIpc) is 3.05. The number of nitrogens with zero attached hydrogens (tertiary/aromatic N) is 4. The van der Waals surface area contributed by atoms with Crippen LogP contribution >= 0.6 is 0 Å². The maximum atomic E-state index is 11.4. The molecule has 6 heteroatoms. The highest BCUT2D eigenvalue weighted by Crippen LogP contribution is 2.24. The third kappa shape index (κ3) is 3.33. The van der Waals surface area contributed by atoms with Gasteiger partial charge in [-0.3, -0.25) is 14.6 Å². The van der Waals surface area contributed by atoms with Gasteiger partial charge in [0.05, 0.1) is 12.7 Å². The van der Waals surface area contributed by atoms with Crippen LogP contribution in [0.25, 0.3) is 0 Å². The minimum absolute atomic E-state index is 0.194. The van der Waals surface area contributed by atoms with E-state index in [0.717, 1.165) is 57.5 Å². The van der Waals surface area contributed by atoms with E-state index in [1.165, 1.54) is 0 Å². The summed E-state index contributed by atoms with van der Waals surface area (Å²) in [5, 5.41) is 0. The fourth-order valence-corrected chi connectivity index (χ4v) is 3.69. The summed E-state index contributed by atoms with van der Waals surface area (Å²) in [7, 11) is 0. The van der Waals surface area contributed by atoms with E-state index in [4.69, 9.17) is 4.42 Å². The van der Waals surface area contributed by atoms with E-state index in [0.29, 0.717) is 12.0 Å². The van der Waals surface area contributed by atoms with Crippen LogP contribution in [0.3, 0.4) is 0 Å². The SMILES string of the molecule is CC(=O)N1CCN([C@H]2CN(Cc3ncc(C)o3)C[C@H]2C)CC1. The van der Waals surface area contributed by atoms with Crippen molar-refractivity contribution in [2.75, 3.05) is 39.3 Å². The van der Waals surface area contributed by atoms with Gasteiger partial charge in [-0.2, -0.15) is 0 Å². The average molecular weight is 306 g/mol. The van der Waals surface area contributed by atoms with E-state index in [1.54, 1.807) is 13.1 Å². The normalized spacial score (nSPS) is 27.5. The van der Waals surface area contributed by atoms with Gasteiger partial charge < -0.3 is 9.32 Å². The zero-order valence-electron chi connectivity index (χ0n) is 13.8. The molecule has 0 saturated carbocycles. The van der Waals surface area contributed by atoms with Crippen LogP contribution in [0.15, 0.2) is 10.6 Å². The molecule has 2 aliphatic heterocycles. The molecule has 2 saturated heterocycles. The molecule has 0 radical (unpaired) electrons. The van der Waals surface area contributed by atoms with Gasteiger partial charge in [-0.25, -0.2) is 4.98 Å². The zero-order valence-corrected chi connectivity index (χ0v) is 13.8. The Kier molecular flexibility index (Phi) is 4.49. The van der Waals surface area contributed by atoms with Crippen molar-refractivity contribution in [1.82, 2.24) is 19.7 Å². The van der Waals surface area contributed by atoms with Gasteiger partial charge in [-0.1, -0.05) is 6.92 Å². The van der Waals surface area contributed by atoms with E-state index in [2.05, 4.69) is 21.7 Å². The summed E-state index contributed by atoms with van der Waals surface area (Å²) in [5.41, 5.74) is 0. The van der Waals surface area contributed by atoms with E-state index < -0.39 is 0 Å². The van der Waals surface area contributed by atoms with Gasteiger partial charge in [0, 0.05) is 52.2 Å². The summed E-state index contributed by atoms with van der Waals surface area (Å²) in [6.07, 6.45) is 1.79. The topological polar surface area (TPSA) is 52.8 Å². The van der Waals surface area contributed by atoms with Crippen molar-refractivity contribution in [3.05, 3.63) is 17.8 Å². The molecule has 0 aliphatic carbocycles. The number of carbonyl (C=O) groups excluding carboxylic acids is 1. The molecule has 0 spiro atoms. The Morgan fingerprint density at radius 3 is 2.64 bits per heavy atom. The third-order valence-electron chi connectivity index (χ3n) is 4.90. The number of rotatable bonds is 3. The molecule has 1 amide bonds. The van der Waals surface area contributed by atoms with Gasteiger partial charge >= 0.3 is 0 Å². The Bertz CT molecular complexity index is 522. The van der Waals surface area contributed by atoms with Gasteiger partial charge in [0.15, 0.2) is 0 Å². The van der Waals surface area contributed by atoms with Gasteiger partial charge in [-0.05, 0) is 12.8 Å². The second kappa shape index (κ2) is 6.38. The van der Waals surface area contributed by atoms with Crippen LogP contribution in [-0.4, -0.2) is 70.9 Å². The molecule has 3 heterocycles. The van der Waals surface area contributed by atoms with Crippen LogP contribution in [-0.2, 0) is 11.3 Å². The lowest BCUT2D eigenvalue weighted by Gasteiger charge is -2.39. The summed E-state index contributed by atoms with van der Waals surface area (Å²) < 4.78 is 5.59. The molecule has 0 bridgehead atoms. The number of amides is 1. The summed E-state index contributed by atoms with van der Waals surface area (Å²) in [5.74, 6) is 2.52. The first kappa shape index (κ1) is 15.5. The lowest BCUT2D eigenvalue weighted by molar-refractivity contribution is -0.130. The standard InChI is InChI=1S/C16H26N4O2/c1-12-9-18(11-16-17-8-13(2)22-16)10-15(12)20-6-4-19(5-7-20)14(3)21/h8,12,15H,4-7,9-11H2,1-3H3/t12-,15+/m1/s1. The lowest BCUT2D eigenvalue weighted by Crippen LogP contribution is -2.53.